The molecular weight excluding hydrogens is 454 g/mol. The van der Waals surface area contributed by atoms with Crippen molar-refractivity contribution in [2.45, 2.75) is 11.3 Å². The minimum atomic E-state index is -1.27. The first-order valence-corrected chi connectivity index (χ1v) is 11.2. The van der Waals surface area contributed by atoms with E-state index in [0.717, 1.165) is 33.4 Å². The van der Waals surface area contributed by atoms with Gasteiger partial charge in [-0.1, -0.05) is 60.1 Å². The molecule has 0 aromatic heterocycles. The summed E-state index contributed by atoms with van der Waals surface area (Å²) in [4.78, 5) is 54.1. The number of hydrogen-bond acceptors (Lipinski definition) is 5. The molecule has 1 fully saturated rings. The summed E-state index contributed by atoms with van der Waals surface area (Å²) in [6.07, 6.45) is 0.828. The van der Waals surface area contributed by atoms with Crippen molar-refractivity contribution >= 4 is 41.4 Å². The van der Waals surface area contributed by atoms with Crippen LogP contribution in [0.2, 0.25) is 5.02 Å². The Bertz CT molecular complexity index is 1380. The van der Waals surface area contributed by atoms with Crippen LogP contribution in [0.4, 0.5) is 5.69 Å². The van der Waals surface area contributed by atoms with Crippen LogP contribution in [0.3, 0.4) is 0 Å². The molecule has 0 spiro atoms. The zero-order valence-electron chi connectivity index (χ0n) is 18.0. The molecule has 168 valence electrons. The van der Waals surface area contributed by atoms with E-state index in [9.17, 15) is 19.2 Å². The van der Waals surface area contributed by atoms with Crippen molar-refractivity contribution in [2.24, 2.45) is 11.8 Å². The molecule has 0 N–H and O–H groups in total. The van der Waals surface area contributed by atoms with Gasteiger partial charge in [0.15, 0.2) is 0 Å². The number of imide groups is 1. The monoisotopic (exact) mass is 471 g/mol. The van der Waals surface area contributed by atoms with Gasteiger partial charge in [0, 0.05) is 5.92 Å². The molecule has 1 aliphatic heterocycles. The van der Waals surface area contributed by atoms with E-state index in [2.05, 4.69) is 0 Å². The average Bonchev–Trinajstić information content (AvgIpc) is 3.14. The third-order valence-electron chi connectivity index (χ3n) is 7.48. The second kappa shape index (κ2) is 7.11. The zero-order chi connectivity index (χ0) is 23.8. The van der Waals surface area contributed by atoms with E-state index in [4.69, 9.17) is 16.3 Å². The molecule has 4 aliphatic rings. The van der Waals surface area contributed by atoms with Crippen LogP contribution >= 0.6 is 11.6 Å². The van der Waals surface area contributed by atoms with Crippen LogP contribution in [0.15, 0.2) is 66.7 Å². The standard InChI is InChI=1S/C27H18ClNO5/c1-34-26(33)17-12-14(10-11-20(17)28)29-24(31)22-21-15-6-2-4-8-18(15)27(13-30,23(22)25(29)32)19-9-5-3-7-16(19)21/h2-13,21-23H,1H3/t21?,22-,23+,27?/m0/s1. The average molecular weight is 472 g/mol. The largest absolute Gasteiger partial charge is 0.465 e. The molecule has 2 atom stereocenters. The smallest absolute Gasteiger partial charge is 0.339 e. The molecule has 7 heteroatoms. The van der Waals surface area contributed by atoms with Crippen molar-refractivity contribution in [3.8, 4) is 0 Å². The highest BCUT2D eigenvalue weighted by Crippen LogP contribution is 2.63. The lowest BCUT2D eigenvalue weighted by Crippen LogP contribution is -2.54. The van der Waals surface area contributed by atoms with Crippen LogP contribution in [0.1, 0.15) is 38.5 Å². The lowest BCUT2D eigenvalue weighted by Gasteiger charge is -2.51. The van der Waals surface area contributed by atoms with Crippen LogP contribution in [0, 0.1) is 11.8 Å². The van der Waals surface area contributed by atoms with Crippen LogP contribution in [0.25, 0.3) is 0 Å². The summed E-state index contributed by atoms with van der Waals surface area (Å²) >= 11 is 6.16. The number of aldehydes is 1. The second-order valence-corrected chi connectivity index (χ2v) is 9.22. The van der Waals surface area contributed by atoms with E-state index >= 15 is 0 Å². The summed E-state index contributed by atoms with van der Waals surface area (Å²) in [5.74, 6) is -3.51. The zero-order valence-corrected chi connectivity index (χ0v) is 18.8. The molecule has 3 aliphatic carbocycles. The van der Waals surface area contributed by atoms with Gasteiger partial charge in [0.2, 0.25) is 11.8 Å². The summed E-state index contributed by atoms with van der Waals surface area (Å²) in [5.41, 5.74) is 2.33. The fourth-order valence-electron chi connectivity index (χ4n) is 6.20. The first-order valence-electron chi connectivity index (χ1n) is 10.9. The molecule has 1 saturated heterocycles. The van der Waals surface area contributed by atoms with Crippen molar-refractivity contribution in [1.82, 2.24) is 0 Å². The number of amides is 2. The van der Waals surface area contributed by atoms with Crippen LogP contribution in [-0.2, 0) is 24.5 Å². The van der Waals surface area contributed by atoms with Crippen molar-refractivity contribution < 1.29 is 23.9 Å². The number of rotatable bonds is 3. The Morgan fingerprint density at radius 3 is 2.18 bits per heavy atom. The number of hydrogen-bond donors (Lipinski definition) is 0. The Kier molecular flexibility index (Phi) is 4.35. The van der Waals surface area contributed by atoms with Gasteiger partial charge in [0.1, 0.15) is 6.29 Å². The first kappa shape index (κ1) is 20.8. The van der Waals surface area contributed by atoms with Gasteiger partial charge in [-0.15, -0.1) is 0 Å². The summed E-state index contributed by atoms with van der Waals surface area (Å²) in [6.45, 7) is 0. The number of esters is 1. The number of methoxy groups -OCH3 is 1. The molecule has 6 nitrogen and oxygen atoms in total. The van der Waals surface area contributed by atoms with Gasteiger partial charge in [-0.05, 0) is 40.5 Å². The van der Waals surface area contributed by atoms with E-state index in [1.54, 1.807) is 0 Å². The summed E-state index contributed by atoms with van der Waals surface area (Å²) in [5, 5.41) is 0.149. The van der Waals surface area contributed by atoms with E-state index in [0.29, 0.717) is 0 Å². The third kappa shape index (κ3) is 2.36. The number of nitrogens with zero attached hydrogens (tertiary/aromatic N) is 1. The van der Waals surface area contributed by atoms with Gasteiger partial charge in [0.05, 0.1) is 40.6 Å². The fraction of sp³-hybridized carbons (Fsp3) is 0.185. The highest BCUT2D eigenvalue weighted by atomic mass is 35.5. The van der Waals surface area contributed by atoms with Gasteiger partial charge in [-0.25, -0.2) is 9.69 Å². The Labute approximate surface area is 200 Å². The molecule has 7 rings (SSSR count). The van der Waals surface area contributed by atoms with E-state index in [-0.39, 0.29) is 22.2 Å². The van der Waals surface area contributed by atoms with Crippen LogP contribution in [-0.4, -0.2) is 31.2 Å². The fourth-order valence-corrected chi connectivity index (χ4v) is 6.40. The minimum Gasteiger partial charge on any atom is -0.465 e. The Balaban J connectivity index is 1.58. The number of carbonyl (C=O) groups excluding carboxylic acids is 4. The van der Waals surface area contributed by atoms with E-state index in [1.807, 2.05) is 48.5 Å². The van der Waals surface area contributed by atoms with E-state index < -0.39 is 35.0 Å². The number of anilines is 1. The molecule has 2 bridgehead atoms. The van der Waals surface area contributed by atoms with Gasteiger partial charge in [-0.2, -0.15) is 0 Å². The summed E-state index contributed by atoms with van der Waals surface area (Å²) < 4.78 is 4.79. The number of ether oxygens (including phenoxy) is 1. The van der Waals surface area contributed by atoms with Crippen molar-refractivity contribution in [3.63, 3.8) is 0 Å². The minimum absolute atomic E-state index is 0.0526. The van der Waals surface area contributed by atoms with Crippen LogP contribution < -0.4 is 4.90 Å². The predicted molar refractivity (Wildman–Crippen MR) is 124 cm³/mol. The quantitative estimate of drug-likeness (QED) is 0.329. The maximum Gasteiger partial charge on any atom is 0.339 e. The summed E-state index contributed by atoms with van der Waals surface area (Å²) in [6, 6.07) is 19.5. The first-order chi connectivity index (χ1) is 16.5. The van der Waals surface area contributed by atoms with Crippen molar-refractivity contribution in [1.29, 1.82) is 0 Å². The number of benzene rings is 3. The molecule has 0 saturated carbocycles. The van der Waals surface area contributed by atoms with Gasteiger partial charge in [-0.3, -0.25) is 9.59 Å². The Morgan fingerprint density at radius 2 is 1.59 bits per heavy atom. The lowest BCUT2D eigenvalue weighted by molar-refractivity contribution is -0.128. The lowest BCUT2D eigenvalue weighted by atomic mass is 9.48. The SMILES string of the molecule is COC(=O)c1cc(N2C(=O)[C@H]3C4c5ccccc5C(C=O)(c5ccccc54)[C@H]3C2=O)ccc1Cl. The maximum atomic E-state index is 14.0. The maximum absolute atomic E-state index is 14.0. The molecule has 34 heavy (non-hydrogen) atoms. The molecule has 2 amide bonds. The van der Waals surface area contributed by atoms with Crippen molar-refractivity contribution in [2.75, 3.05) is 12.0 Å². The molecule has 3 aromatic carbocycles. The number of carbonyl (C=O) groups is 4. The normalized spacial score (nSPS) is 26.1. The highest BCUT2D eigenvalue weighted by Gasteiger charge is 2.68. The molecule has 0 radical (unpaired) electrons. The second-order valence-electron chi connectivity index (χ2n) is 8.81. The molecule has 1 heterocycles. The highest BCUT2D eigenvalue weighted by molar-refractivity contribution is 6.34. The third-order valence-corrected chi connectivity index (χ3v) is 7.81. The Hall–Kier alpha value is -3.77. The van der Waals surface area contributed by atoms with E-state index in [1.165, 1.54) is 25.3 Å². The molecule has 3 aromatic rings. The topological polar surface area (TPSA) is 80.8 Å². The van der Waals surface area contributed by atoms with Gasteiger partial charge >= 0.3 is 5.97 Å². The van der Waals surface area contributed by atoms with Gasteiger partial charge in [0.25, 0.3) is 0 Å². The molecular formula is C27H18ClNO5. The summed E-state index contributed by atoms with van der Waals surface area (Å²) in [7, 11) is 1.23. The molecule has 0 unspecified atom stereocenters. The number of halogens is 1. The van der Waals surface area contributed by atoms with Gasteiger partial charge < -0.3 is 9.53 Å². The van der Waals surface area contributed by atoms with Crippen LogP contribution in [0.5, 0.6) is 0 Å². The predicted octanol–water partition coefficient (Wildman–Crippen LogP) is 3.88. The van der Waals surface area contributed by atoms with Crippen molar-refractivity contribution in [3.05, 3.63) is 99.6 Å². The Morgan fingerprint density at radius 1 is 0.971 bits per heavy atom.